The van der Waals surface area contributed by atoms with Crippen molar-refractivity contribution < 1.29 is 9.90 Å². The number of carboxylic acid groups (broad SMARTS) is 1. The third kappa shape index (κ3) is 2.82. The lowest BCUT2D eigenvalue weighted by molar-refractivity contribution is 0.0697. The molecule has 19 heavy (non-hydrogen) atoms. The Morgan fingerprint density at radius 1 is 1.42 bits per heavy atom. The largest absolute Gasteiger partial charge is 0.478 e. The minimum Gasteiger partial charge on any atom is -0.478 e. The number of rotatable bonds is 4. The zero-order valence-electron chi connectivity index (χ0n) is 10.4. The number of aromatic nitrogens is 3. The molecule has 2 rings (SSSR count). The highest BCUT2D eigenvalue weighted by molar-refractivity contribution is 7.98. The summed E-state index contributed by atoms with van der Waals surface area (Å²) in [6.07, 6.45) is 3.38. The van der Waals surface area contributed by atoms with Gasteiger partial charge in [-0.2, -0.15) is 9.78 Å². The maximum absolute atomic E-state index is 11.1. The number of hydrogen-bond acceptors (Lipinski definition) is 5. The molecule has 0 aliphatic rings. The molecule has 1 aromatic carbocycles. The second-order valence-corrected chi connectivity index (χ2v) is 4.46. The molecule has 0 spiro atoms. The number of nitrogens with zero attached hydrogens (tertiary/aromatic N) is 4. The van der Waals surface area contributed by atoms with Gasteiger partial charge in [0, 0.05) is 5.56 Å². The van der Waals surface area contributed by atoms with Gasteiger partial charge in [-0.3, -0.25) is 0 Å². The fourth-order valence-electron chi connectivity index (χ4n) is 1.52. The van der Waals surface area contributed by atoms with Crippen molar-refractivity contribution in [2.75, 3.05) is 6.26 Å². The fourth-order valence-corrected chi connectivity index (χ4v) is 2.00. The smallest absolute Gasteiger partial charge is 0.336 e. The molecule has 0 bridgehead atoms. The summed E-state index contributed by atoms with van der Waals surface area (Å²) < 4.78 is 1.57. The van der Waals surface area contributed by atoms with E-state index in [-0.39, 0.29) is 5.56 Å². The van der Waals surface area contributed by atoms with Crippen LogP contribution in [-0.2, 0) is 0 Å². The van der Waals surface area contributed by atoms with Gasteiger partial charge in [0.15, 0.2) is 5.82 Å². The van der Waals surface area contributed by atoms with Crippen LogP contribution in [0.2, 0.25) is 0 Å². The Bertz CT molecular complexity index is 636. The molecule has 0 atom stereocenters. The fraction of sp³-hybridized carbons (Fsp3) is 0.167. The molecule has 0 aliphatic heterocycles. The van der Waals surface area contributed by atoms with E-state index in [1.807, 2.05) is 6.26 Å². The van der Waals surface area contributed by atoms with Crippen LogP contribution in [0.5, 0.6) is 0 Å². The average Bonchev–Trinajstić information content (AvgIpc) is 2.77. The second kappa shape index (κ2) is 5.66. The number of benzene rings is 1. The van der Waals surface area contributed by atoms with Crippen LogP contribution in [-0.4, -0.2) is 38.4 Å². The normalized spacial score (nSPS) is 11.1. The standard InChI is InChI=1S/C12H12N4O2S/c1-8-14-15-12(19-2)16(8)13-7-9-5-3-4-6-10(9)11(17)18/h3-7H,1-2H3,(H,17,18)/b13-7-. The Hall–Kier alpha value is -2.15. The molecule has 2 aromatic rings. The first-order valence-electron chi connectivity index (χ1n) is 5.46. The number of aromatic carboxylic acids is 1. The third-order valence-electron chi connectivity index (χ3n) is 2.45. The van der Waals surface area contributed by atoms with Crippen molar-refractivity contribution in [2.24, 2.45) is 5.10 Å². The molecule has 0 amide bonds. The summed E-state index contributed by atoms with van der Waals surface area (Å²) in [4.78, 5) is 11.1. The van der Waals surface area contributed by atoms with Crippen molar-refractivity contribution in [3.63, 3.8) is 0 Å². The summed E-state index contributed by atoms with van der Waals surface area (Å²) in [7, 11) is 0. The van der Waals surface area contributed by atoms with Gasteiger partial charge in [0.1, 0.15) is 0 Å². The van der Waals surface area contributed by atoms with Crippen molar-refractivity contribution in [3.05, 3.63) is 41.2 Å². The topological polar surface area (TPSA) is 80.4 Å². The molecular formula is C12H12N4O2S. The highest BCUT2D eigenvalue weighted by Crippen LogP contribution is 2.13. The summed E-state index contributed by atoms with van der Waals surface area (Å²) in [5.41, 5.74) is 0.748. The van der Waals surface area contributed by atoms with Crippen LogP contribution in [0.4, 0.5) is 0 Å². The van der Waals surface area contributed by atoms with E-state index >= 15 is 0 Å². The molecule has 6 nitrogen and oxygen atoms in total. The van der Waals surface area contributed by atoms with Crippen molar-refractivity contribution >= 4 is 23.9 Å². The first-order chi connectivity index (χ1) is 9.13. The van der Waals surface area contributed by atoms with Gasteiger partial charge >= 0.3 is 5.97 Å². The van der Waals surface area contributed by atoms with E-state index in [0.29, 0.717) is 16.5 Å². The Morgan fingerprint density at radius 2 is 2.16 bits per heavy atom. The third-order valence-corrected chi connectivity index (χ3v) is 3.07. The van der Waals surface area contributed by atoms with Crippen LogP contribution >= 0.6 is 11.8 Å². The molecule has 1 heterocycles. The van der Waals surface area contributed by atoms with Gasteiger partial charge in [-0.1, -0.05) is 30.0 Å². The van der Waals surface area contributed by atoms with Crippen LogP contribution < -0.4 is 0 Å². The lowest BCUT2D eigenvalue weighted by atomic mass is 10.1. The van der Waals surface area contributed by atoms with E-state index < -0.39 is 5.97 Å². The monoisotopic (exact) mass is 276 g/mol. The molecular weight excluding hydrogens is 264 g/mol. The number of hydrogen-bond donors (Lipinski definition) is 1. The molecule has 0 saturated carbocycles. The van der Waals surface area contributed by atoms with E-state index in [0.717, 1.165) is 0 Å². The van der Waals surface area contributed by atoms with Gasteiger partial charge in [0.05, 0.1) is 11.8 Å². The first kappa shape index (κ1) is 13.3. The molecule has 1 aromatic heterocycles. The summed E-state index contributed by atoms with van der Waals surface area (Å²) >= 11 is 1.42. The van der Waals surface area contributed by atoms with Crippen LogP contribution in [0.15, 0.2) is 34.5 Å². The molecule has 98 valence electrons. The summed E-state index contributed by atoms with van der Waals surface area (Å²) in [6, 6.07) is 6.68. The lowest BCUT2D eigenvalue weighted by Gasteiger charge is -2.01. The lowest BCUT2D eigenvalue weighted by Crippen LogP contribution is -2.03. The van der Waals surface area contributed by atoms with Gasteiger partial charge in [-0.15, -0.1) is 10.2 Å². The minimum atomic E-state index is -0.979. The number of carboxylic acids is 1. The van der Waals surface area contributed by atoms with Crippen LogP contribution in [0.3, 0.4) is 0 Å². The van der Waals surface area contributed by atoms with Crippen LogP contribution in [0.25, 0.3) is 0 Å². The number of thioether (sulfide) groups is 1. The van der Waals surface area contributed by atoms with E-state index in [4.69, 9.17) is 5.11 Å². The molecule has 0 radical (unpaired) electrons. The van der Waals surface area contributed by atoms with Crippen LogP contribution in [0, 0.1) is 6.92 Å². The molecule has 1 N–H and O–H groups in total. The van der Waals surface area contributed by atoms with Gasteiger partial charge in [-0.05, 0) is 19.2 Å². The highest BCUT2D eigenvalue weighted by atomic mass is 32.2. The first-order valence-corrected chi connectivity index (χ1v) is 6.68. The predicted octanol–water partition coefficient (Wildman–Crippen LogP) is 1.89. The Morgan fingerprint density at radius 3 is 2.84 bits per heavy atom. The van der Waals surface area contributed by atoms with Gasteiger partial charge in [0.25, 0.3) is 0 Å². The predicted molar refractivity (Wildman–Crippen MR) is 72.9 cm³/mol. The van der Waals surface area contributed by atoms with Crippen molar-refractivity contribution in [1.82, 2.24) is 14.9 Å². The number of aryl methyl sites for hydroxylation is 1. The van der Waals surface area contributed by atoms with E-state index in [1.54, 1.807) is 29.8 Å². The Kier molecular flexibility index (Phi) is 3.96. The molecule has 0 aliphatic carbocycles. The molecule has 7 heteroatoms. The van der Waals surface area contributed by atoms with Gasteiger partial charge < -0.3 is 5.11 Å². The zero-order valence-corrected chi connectivity index (χ0v) is 11.3. The van der Waals surface area contributed by atoms with E-state index in [1.165, 1.54) is 24.0 Å². The second-order valence-electron chi connectivity index (χ2n) is 3.68. The Balaban J connectivity index is 2.38. The molecule has 0 saturated heterocycles. The van der Waals surface area contributed by atoms with Gasteiger partial charge in [-0.25, -0.2) is 4.79 Å². The summed E-state index contributed by atoms with van der Waals surface area (Å²) in [5.74, 6) is -0.332. The number of carbonyl (C=O) groups is 1. The van der Waals surface area contributed by atoms with E-state index in [9.17, 15) is 4.79 Å². The maximum atomic E-state index is 11.1. The minimum absolute atomic E-state index is 0.211. The van der Waals surface area contributed by atoms with Crippen molar-refractivity contribution in [2.45, 2.75) is 12.1 Å². The quantitative estimate of drug-likeness (QED) is 0.681. The summed E-state index contributed by atoms with van der Waals surface area (Å²) in [6.45, 7) is 1.78. The SMILES string of the molecule is CSc1nnc(C)n1/N=C\c1ccccc1C(=O)O. The average molecular weight is 276 g/mol. The van der Waals surface area contributed by atoms with Crippen LogP contribution in [0.1, 0.15) is 21.7 Å². The zero-order chi connectivity index (χ0) is 13.8. The molecule has 0 fully saturated rings. The Labute approximate surface area is 114 Å². The van der Waals surface area contributed by atoms with Gasteiger partial charge in [0.2, 0.25) is 5.16 Å². The van der Waals surface area contributed by atoms with Crippen molar-refractivity contribution in [3.8, 4) is 0 Å². The van der Waals surface area contributed by atoms with E-state index in [2.05, 4.69) is 15.3 Å². The molecule has 0 unspecified atom stereocenters. The summed E-state index contributed by atoms with van der Waals surface area (Å²) in [5, 5.41) is 21.8. The highest BCUT2D eigenvalue weighted by Gasteiger charge is 2.08. The van der Waals surface area contributed by atoms with Crippen molar-refractivity contribution in [1.29, 1.82) is 0 Å². The maximum Gasteiger partial charge on any atom is 0.336 e.